The Bertz CT molecular complexity index is 2020. The summed E-state index contributed by atoms with van der Waals surface area (Å²) in [5.74, 6) is 1.55. The monoisotopic (exact) mass is 674 g/mol. The number of phenols is 1. The largest absolute Gasteiger partial charge is 0.508 e. The number of methoxy groups -OCH3 is 1. The number of fused-ring (bicyclic) bond motifs is 4. The number of benzene rings is 3. The van der Waals surface area contributed by atoms with Gasteiger partial charge in [-0.25, -0.2) is 13.2 Å². The second kappa shape index (κ2) is 11.9. The summed E-state index contributed by atoms with van der Waals surface area (Å²) < 4.78 is 71.5. The highest BCUT2D eigenvalue weighted by molar-refractivity contribution is 6.05. The second-order valence-electron chi connectivity index (χ2n) is 13.9. The van der Waals surface area contributed by atoms with Gasteiger partial charge in [0.25, 0.3) is 0 Å². The molecular weight excluding hydrogens is 637 g/mol. The van der Waals surface area contributed by atoms with Crippen LogP contribution in [0.15, 0.2) is 30.3 Å². The lowest BCUT2D eigenvalue weighted by atomic mass is 9.92. The summed E-state index contributed by atoms with van der Waals surface area (Å²) in [7, 11) is 1.63. The Morgan fingerprint density at radius 3 is 2.84 bits per heavy atom. The zero-order valence-corrected chi connectivity index (χ0v) is 27.4. The molecule has 0 radical (unpaired) electrons. The van der Waals surface area contributed by atoms with E-state index in [0.29, 0.717) is 61.5 Å². The molecular formula is C37H37F3N4O5. The van der Waals surface area contributed by atoms with E-state index in [1.807, 2.05) is 6.92 Å². The average Bonchev–Trinajstić information content (AvgIpc) is 3.55. The number of nitrogens with zero attached hydrogens (tertiary/aromatic N) is 4. The van der Waals surface area contributed by atoms with Crippen LogP contribution in [0, 0.1) is 24.0 Å². The van der Waals surface area contributed by atoms with Crippen molar-refractivity contribution < 1.29 is 37.2 Å². The molecule has 9 nitrogen and oxygen atoms in total. The Morgan fingerprint density at radius 1 is 1.16 bits per heavy atom. The number of hydrogen-bond donors (Lipinski definition) is 1. The van der Waals surface area contributed by atoms with Crippen LogP contribution in [-0.4, -0.2) is 96.5 Å². The molecule has 0 bridgehead atoms. The number of rotatable bonds is 5. The highest BCUT2D eigenvalue weighted by Gasteiger charge is 2.49. The van der Waals surface area contributed by atoms with Gasteiger partial charge in [0.1, 0.15) is 47.0 Å². The first-order chi connectivity index (χ1) is 23.6. The number of hydrogen-bond acceptors (Lipinski definition) is 9. The molecule has 8 rings (SSSR count). The fraction of sp³-hybridized carbons (Fsp3) is 0.459. The van der Waals surface area contributed by atoms with Gasteiger partial charge >= 0.3 is 6.01 Å². The van der Waals surface area contributed by atoms with E-state index in [4.69, 9.17) is 30.4 Å². The highest BCUT2D eigenvalue weighted by atomic mass is 19.1. The Labute approximate surface area is 281 Å². The third-order valence-corrected chi connectivity index (χ3v) is 10.7. The normalized spacial score (nSPS) is 26.8. The Balaban J connectivity index is 1.36. The van der Waals surface area contributed by atoms with Crippen molar-refractivity contribution in [2.24, 2.45) is 0 Å². The number of ether oxygens (including phenoxy) is 4. The Hall–Kier alpha value is -4.31. The van der Waals surface area contributed by atoms with E-state index >= 15 is 8.78 Å². The second-order valence-corrected chi connectivity index (χ2v) is 13.9. The van der Waals surface area contributed by atoms with Gasteiger partial charge < -0.3 is 29.0 Å². The van der Waals surface area contributed by atoms with Gasteiger partial charge in [0.05, 0.1) is 48.9 Å². The van der Waals surface area contributed by atoms with Crippen LogP contribution >= 0.6 is 0 Å². The maximum atomic E-state index is 17.3. The van der Waals surface area contributed by atoms with Gasteiger partial charge in [-0.2, -0.15) is 9.97 Å². The van der Waals surface area contributed by atoms with Crippen molar-refractivity contribution in [2.45, 2.75) is 56.0 Å². The number of aromatic hydroxyl groups is 1. The SMILES string of the molecule is C#Cc1c(F)ccc2cc(O)cc(-c3cc4c5c(nc(OC[C@@]67CCCN6C[C@H](F)C7)nc5c3F)N3CC(C)(OC)COCC3CCO4)c12. The molecule has 1 N–H and O–H groups in total. The molecule has 3 aromatic carbocycles. The van der Waals surface area contributed by atoms with Crippen LogP contribution in [0.3, 0.4) is 0 Å². The molecule has 4 aliphatic rings. The summed E-state index contributed by atoms with van der Waals surface area (Å²) in [5.41, 5.74) is -1.14. The molecule has 4 atom stereocenters. The maximum absolute atomic E-state index is 17.3. The van der Waals surface area contributed by atoms with Crippen LogP contribution in [0.1, 0.15) is 38.2 Å². The van der Waals surface area contributed by atoms with Crippen molar-refractivity contribution >= 4 is 27.5 Å². The van der Waals surface area contributed by atoms with Gasteiger partial charge in [-0.1, -0.05) is 12.0 Å². The fourth-order valence-electron chi connectivity index (χ4n) is 8.17. The molecule has 2 unspecified atom stereocenters. The lowest BCUT2D eigenvalue weighted by Gasteiger charge is -2.37. The summed E-state index contributed by atoms with van der Waals surface area (Å²) in [6.45, 7) is 4.60. The zero-order chi connectivity index (χ0) is 34.1. The van der Waals surface area contributed by atoms with E-state index in [1.54, 1.807) is 7.11 Å². The van der Waals surface area contributed by atoms with E-state index < -0.39 is 28.9 Å². The first-order valence-corrected chi connectivity index (χ1v) is 16.6. The van der Waals surface area contributed by atoms with Gasteiger partial charge in [0, 0.05) is 37.4 Å². The minimum Gasteiger partial charge on any atom is -0.508 e. The summed E-state index contributed by atoms with van der Waals surface area (Å²) in [5, 5.41) is 11.7. The number of halogens is 3. The number of alkyl halides is 1. The Morgan fingerprint density at radius 2 is 2.02 bits per heavy atom. The molecule has 12 heteroatoms. The van der Waals surface area contributed by atoms with E-state index in [1.165, 1.54) is 30.3 Å². The number of aromatic nitrogens is 2. The van der Waals surface area contributed by atoms with E-state index in [9.17, 15) is 9.50 Å². The van der Waals surface area contributed by atoms with Gasteiger partial charge in [-0.3, -0.25) is 4.90 Å². The predicted octanol–water partition coefficient (Wildman–Crippen LogP) is 5.76. The first-order valence-electron chi connectivity index (χ1n) is 16.6. The lowest BCUT2D eigenvalue weighted by Crippen LogP contribution is -2.48. The quantitative estimate of drug-likeness (QED) is 0.266. The average molecular weight is 675 g/mol. The summed E-state index contributed by atoms with van der Waals surface area (Å²) in [4.78, 5) is 13.7. The third-order valence-electron chi connectivity index (χ3n) is 10.7. The molecule has 0 amide bonds. The summed E-state index contributed by atoms with van der Waals surface area (Å²) in [6, 6.07) is 6.80. The molecule has 0 saturated carbocycles. The van der Waals surface area contributed by atoms with Crippen LogP contribution in [-0.2, 0) is 9.47 Å². The van der Waals surface area contributed by atoms with Crippen LogP contribution < -0.4 is 14.4 Å². The highest BCUT2D eigenvalue weighted by Crippen LogP contribution is 2.46. The van der Waals surface area contributed by atoms with Crippen molar-refractivity contribution in [3.63, 3.8) is 0 Å². The summed E-state index contributed by atoms with van der Waals surface area (Å²) >= 11 is 0. The van der Waals surface area contributed by atoms with Crippen LogP contribution in [0.4, 0.5) is 19.0 Å². The Kier molecular flexibility index (Phi) is 7.77. The number of terminal acetylenes is 1. The maximum Gasteiger partial charge on any atom is 0.319 e. The number of phenolic OH excluding ortho intramolecular Hbond substituents is 1. The molecule has 4 aliphatic heterocycles. The van der Waals surface area contributed by atoms with Gasteiger partial charge in [-0.15, -0.1) is 6.42 Å². The van der Waals surface area contributed by atoms with Crippen LogP contribution in [0.25, 0.3) is 32.8 Å². The predicted molar refractivity (Wildman–Crippen MR) is 178 cm³/mol. The fourth-order valence-corrected chi connectivity index (χ4v) is 8.17. The van der Waals surface area contributed by atoms with E-state index in [0.717, 1.165) is 19.4 Å². The molecule has 49 heavy (non-hydrogen) atoms. The molecule has 1 aromatic heterocycles. The van der Waals surface area contributed by atoms with Crippen molar-refractivity contribution in [2.75, 3.05) is 58.1 Å². The molecule has 3 fully saturated rings. The van der Waals surface area contributed by atoms with Crippen LogP contribution in [0.5, 0.6) is 17.5 Å². The van der Waals surface area contributed by atoms with Gasteiger partial charge in [0.2, 0.25) is 0 Å². The number of anilines is 1. The molecule has 4 aromatic rings. The standard InChI is InChI=1S/C37H37F3N4O5/c1-4-25-28(39)7-6-21-12-24(45)13-26(30(21)25)27-14-29-31-33(32(27)40)41-35(49-20-37-9-5-10-43(37)16-22(38)15-37)42-34(31)44-18-36(2,46-3)19-47-17-23(44)8-11-48-29/h1,6-7,12-14,22-23,45H,5,8-11,15-20H2,2-3H3/t22-,23?,36?,37+/m1/s1. The zero-order valence-electron chi connectivity index (χ0n) is 27.4. The molecule has 3 saturated heterocycles. The van der Waals surface area contributed by atoms with Crippen LogP contribution in [0.2, 0.25) is 0 Å². The third kappa shape index (κ3) is 5.30. The molecule has 256 valence electrons. The molecule has 0 aliphatic carbocycles. The minimum atomic E-state index is -0.950. The first kappa shape index (κ1) is 31.9. The smallest absolute Gasteiger partial charge is 0.319 e. The summed E-state index contributed by atoms with van der Waals surface area (Å²) in [6.07, 6.45) is 7.42. The minimum absolute atomic E-state index is 0.00998. The van der Waals surface area contributed by atoms with Gasteiger partial charge in [-0.05, 0) is 61.5 Å². The topological polar surface area (TPSA) is 89.4 Å². The molecule has 5 heterocycles. The van der Waals surface area contributed by atoms with Gasteiger partial charge in [0.15, 0.2) is 5.82 Å². The van der Waals surface area contributed by atoms with Crippen molar-refractivity contribution in [3.05, 3.63) is 47.5 Å². The molecule has 0 spiro atoms. The lowest BCUT2D eigenvalue weighted by molar-refractivity contribution is -0.0460. The van der Waals surface area contributed by atoms with E-state index in [2.05, 4.69) is 20.7 Å². The van der Waals surface area contributed by atoms with Crippen molar-refractivity contribution in [1.82, 2.24) is 14.9 Å². The van der Waals surface area contributed by atoms with Crippen molar-refractivity contribution in [1.29, 1.82) is 0 Å². The van der Waals surface area contributed by atoms with E-state index in [-0.39, 0.29) is 58.6 Å². The van der Waals surface area contributed by atoms with Crippen molar-refractivity contribution in [3.8, 4) is 41.0 Å².